The van der Waals surface area contributed by atoms with Crippen LogP contribution in [0.2, 0.25) is 5.02 Å². The van der Waals surface area contributed by atoms with Crippen LogP contribution in [-0.2, 0) is 19.1 Å². The Bertz CT molecular complexity index is 1220. The molecule has 2 atom stereocenters. The number of nitrogens with zero attached hydrogens (tertiary/aromatic N) is 1. The van der Waals surface area contributed by atoms with Crippen LogP contribution in [0, 0.1) is 17.2 Å². The molecule has 4 rings (SSSR count). The van der Waals surface area contributed by atoms with E-state index in [0.717, 1.165) is 11.8 Å². The van der Waals surface area contributed by atoms with Crippen molar-refractivity contribution in [2.45, 2.75) is 5.92 Å². The Labute approximate surface area is 204 Å². The molecule has 0 aliphatic carbocycles. The Hall–Kier alpha value is -3.68. The molecule has 2 N–H and O–H groups in total. The second-order valence-electron chi connectivity index (χ2n) is 7.28. The fraction of sp³-hybridized carbons (Fsp3) is 0.217. The lowest BCUT2D eigenvalue weighted by molar-refractivity contribution is -0.150. The Balaban J connectivity index is 1.56. The summed E-state index contributed by atoms with van der Waals surface area (Å²) in [5.74, 6) is -2.87. The SMILES string of the molecule is COC(=O)C1C(=O)NC(SCC(=O)Nc2ccc3c(c2)OCO3)=C(C#N)C1c1ccc(Cl)cc1. The van der Waals surface area contributed by atoms with E-state index in [4.69, 9.17) is 25.8 Å². The number of halogens is 1. The molecule has 0 fully saturated rings. The molecule has 0 radical (unpaired) electrons. The predicted octanol–water partition coefficient (Wildman–Crippen LogP) is 3.18. The first-order valence-electron chi connectivity index (χ1n) is 10.0. The van der Waals surface area contributed by atoms with Crippen LogP contribution in [0.3, 0.4) is 0 Å². The number of hydrogen-bond donors (Lipinski definition) is 2. The molecule has 174 valence electrons. The topological polar surface area (TPSA) is 127 Å². The number of esters is 1. The molecule has 9 nitrogen and oxygen atoms in total. The van der Waals surface area contributed by atoms with Crippen LogP contribution in [0.4, 0.5) is 5.69 Å². The monoisotopic (exact) mass is 499 g/mol. The lowest BCUT2D eigenvalue weighted by atomic mass is 9.78. The smallest absolute Gasteiger partial charge is 0.319 e. The number of rotatable bonds is 6. The van der Waals surface area contributed by atoms with Gasteiger partial charge in [0.2, 0.25) is 18.6 Å². The molecular weight excluding hydrogens is 482 g/mol. The van der Waals surface area contributed by atoms with Crippen LogP contribution in [0.15, 0.2) is 53.1 Å². The molecule has 2 aromatic carbocycles. The number of fused-ring (bicyclic) bond motifs is 1. The van der Waals surface area contributed by atoms with Gasteiger partial charge in [0.25, 0.3) is 0 Å². The quantitative estimate of drug-likeness (QED) is 0.458. The van der Waals surface area contributed by atoms with Crippen LogP contribution in [-0.4, -0.2) is 37.4 Å². The molecule has 34 heavy (non-hydrogen) atoms. The van der Waals surface area contributed by atoms with Crippen LogP contribution >= 0.6 is 23.4 Å². The van der Waals surface area contributed by atoms with E-state index in [0.29, 0.717) is 27.8 Å². The fourth-order valence-corrected chi connectivity index (χ4v) is 4.63. The number of thioether (sulfide) groups is 1. The second-order valence-corrected chi connectivity index (χ2v) is 8.70. The van der Waals surface area contributed by atoms with Crippen molar-refractivity contribution < 1.29 is 28.6 Å². The molecule has 2 aliphatic rings. The molecule has 2 aromatic rings. The molecule has 0 spiro atoms. The van der Waals surface area contributed by atoms with Gasteiger partial charge in [0.15, 0.2) is 11.5 Å². The summed E-state index contributed by atoms with van der Waals surface area (Å²) in [5.41, 5.74) is 1.22. The van der Waals surface area contributed by atoms with Gasteiger partial charge in [0, 0.05) is 22.7 Å². The Morgan fingerprint density at radius 1 is 1.24 bits per heavy atom. The van der Waals surface area contributed by atoms with E-state index < -0.39 is 23.7 Å². The largest absolute Gasteiger partial charge is 0.468 e. The van der Waals surface area contributed by atoms with Crippen molar-refractivity contribution in [1.29, 1.82) is 5.26 Å². The number of nitrogens with one attached hydrogen (secondary N) is 2. The molecular formula is C23H18ClN3O6S. The summed E-state index contributed by atoms with van der Waals surface area (Å²) in [6.07, 6.45) is 0. The van der Waals surface area contributed by atoms with Crippen LogP contribution in [0.1, 0.15) is 11.5 Å². The second kappa shape index (κ2) is 10.1. The van der Waals surface area contributed by atoms with Gasteiger partial charge in [0.1, 0.15) is 5.92 Å². The van der Waals surface area contributed by atoms with E-state index in [2.05, 4.69) is 16.7 Å². The van der Waals surface area contributed by atoms with E-state index in [1.807, 2.05) is 0 Å². The molecule has 0 aromatic heterocycles. The number of hydrogen-bond acceptors (Lipinski definition) is 8. The normalized spacial score (nSPS) is 18.7. The maximum absolute atomic E-state index is 12.8. The third-order valence-electron chi connectivity index (χ3n) is 5.22. The number of amides is 2. The standard InChI is InChI=1S/C23H18ClN3O6S/c1-31-23(30)20-19(12-2-4-13(24)5-3-12)15(9-25)22(27-21(20)29)34-10-18(28)26-14-6-7-16-17(8-14)33-11-32-16/h2-8,19-20H,10-11H2,1H3,(H,26,28)(H,27,29). The number of anilines is 1. The average molecular weight is 500 g/mol. The molecule has 11 heteroatoms. The van der Waals surface area contributed by atoms with Gasteiger partial charge in [-0.15, -0.1) is 0 Å². The van der Waals surface area contributed by atoms with Gasteiger partial charge in [-0.25, -0.2) is 0 Å². The van der Waals surface area contributed by atoms with Gasteiger partial charge in [-0.3, -0.25) is 14.4 Å². The predicted molar refractivity (Wildman–Crippen MR) is 124 cm³/mol. The summed E-state index contributed by atoms with van der Waals surface area (Å²) in [7, 11) is 1.18. The maximum atomic E-state index is 12.8. The van der Waals surface area contributed by atoms with Crippen molar-refractivity contribution in [2.24, 2.45) is 5.92 Å². The summed E-state index contributed by atoms with van der Waals surface area (Å²) in [5, 5.41) is 15.9. The highest BCUT2D eigenvalue weighted by atomic mass is 35.5. The number of carbonyl (C=O) groups excluding carboxylic acids is 3. The molecule has 2 unspecified atom stereocenters. The number of benzene rings is 2. The van der Waals surface area contributed by atoms with Gasteiger partial charge in [-0.05, 0) is 29.8 Å². The number of methoxy groups -OCH3 is 1. The summed E-state index contributed by atoms with van der Waals surface area (Å²) in [4.78, 5) is 37.8. The molecule has 2 heterocycles. The Morgan fingerprint density at radius 2 is 1.97 bits per heavy atom. The van der Waals surface area contributed by atoms with E-state index in [9.17, 15) is 19.6 Å². The van der Waals surface area contributed by atoms with Gasteiger partial charge in [0.05, 0.1) is 29.5 Å². The summed E-state index contributed by atoms with van der Waals surface area (Å²) in [6.45, 7) is 0.120. The summed E-state index contributed by atoms with van der Waals surface area (Å²) in [6, 6.07) is 13.6. The van der Waals surface area contributed by atoms with Crippen molar-refractivity contribution >= 4 is 46.8 Å². The van der Waals surface area contributed by atoms with Crippen LogP contribution < -0.4 is 20.1 Å². The highest BCUT2D eigenvalue weighted by Crippen LogP contribution is 2.40. The zero-order valence-electron chi connectivity index (χ0n) is 17.8. The van der Waals surface area contributed by atoms with Gasteiger partial charge in [-0.2, -0.15) is 5.26 Å². The third kappa shape index (κ3) is 4.81. The lowest BCUT2D eigenvalue weighted by Gasteiger charge is -2.30. The highest BCUT2D eigenvalue weighted by Gasteiger charge is 2.44. The first kappa shape index (κ1) is 23.5. The van der Waals surface area contributed by atoms with Crippen molar-refractivity contribution in [2.75, 3.05) is 25.0 Å². The van der Waals surface area contributed by atoms with E-state index >= 15 is 0 Å². The van der Waals surface area contributed by atoms with Crippen molar-refractivity contribution in [3.63, 3.8) is 0 Å². The number of allylic oxidation sites excluding steroid dienone is 1. The van der Waals surface area contributed by atoms with Gasteiger partial charge < -0.3 is 24.8 Å². The summed E-state index contributed by atoms with van der Waals surface area (Å²) >= 11 is 6.96. The minimum absolute atomic E-state index is 0.0918. The minimum atomic E-state index is -1.26. The highest BCUT2D eigenvalue weighted by molar-refractivity contribution is 8.03. The number of ether oxygens (including phenoxy) is 3. The van der Waals surface area contributed by atoms with Gasteiger partial charge in [-0.1, -0.05) is 35.5 Å². The zero-order chi connectivity index (χ0) is 24.2. The zero-order valence-corrected chi connectivity index (χ0v) is 19.4. The van der Waals surface area contributed by atoms with E-state index in [1.54, 1.807) is 42.5 Å². The van der Waals surface area contributed by atoms with Crippen LogP contribution in [0.25, 0.3) is 0 Å². The molecule has 2 aliphatic heterocycles. The minimum Gasteiger partial charge on any atom is -0.468 e. The van der Waals surface area contributed by atoms with E-state index in [-0.39, 0.29) is 29.1 Å². The van der Waals surface area contributed by atoms with Crippen molar-refractivity contribution in [3.05, 3.63) is 63.7 Å². The summed E-state index contributed by atoms with van der Waals surface area (Å²) < 4.78 is 15.4. The Morgan fingerprint density at radius 3 is 2.68 bits per heavy atom. The first-order valence-corrected chi connectivity index (χ1v) is 11.4. The van der Waals surface area contributed by atoms with Crippen molar-refractivity contribution in [1.82, 2.24) is 5.32 Å². The van der Waals surface area contributed by atoms with E-state index in [1.165, 1.54) is 7.11 Å². The Kier molecular flexibility index (Phi) is 6.95. The van der Waals surface area contributed by atoms with Crippen molar-refractivity contribution in [3.8, 4) is 17.6 Å². The molecule has 2 amide bonds. The average Bonchev–Trinajstić information content (AvgIpc) is 3.30. The third-order valence-corrected chi connectivity index (χ3v) is 6.49. The first-order chi connectivity index (χ1) is 16.4. The van der Waals surface area contributed by atoms with Crippen LogP contribution in [0.5, 0.6) is 11.5 Å². The number of carbonyl (C=O) groups is 3. The molecule has 0 saturated carbocycles. The maximum Gasteiger partial charge on any atom is 0.319 e. The lowest BCUT2D eigenvalue weighted by Crippen LogP contribution is -2.44. The fourth-order valence-electron chi connectivity index (χ4n) is 3.66. The molecule has 0 saturated heterocycles. The van der Waals surface area contributed by atoms with Gasteiger partial charge >= 0.3 is 5.97 Å². The molecule has 0 bridgehead atoms. The number of nitriles is 1.